The van der Waals surface area contributed by atoms with E-state index < -0.39 is 11.9 Å². The van der Waals surface area contributed by atoms with Crippen LogP contribution in [0.3, 0.4) is 0 Å². The lowest BCUT2D eigenvalue weighted by Crippen LogP contribution is -2.50. The zero-order chi connectivity index (χ0) is 21.5. The van der Waals surface area contributed by atoms with E-state index in [0.717, 1.165) is 5.56 Å². The molecule has 8 heteroatoms. The molecule has 2 aromatic rings. The predicted octanol–water partition coefficient (Wildman–Crippen LogP) is 2.04. The van der Waals surface area contributed by atoms with Gasteiger partial charge in [0.1, 0.15) is 11.8 Å². The molecule has 1 fully saturated rings. The first-order chi connectivity index (χ1) is 14.5. The first-order valence-corrected chi connectivity index (χ1v) is 10.4. The Balaban J connectivity index is 1.70. The molecule has 1 saturated heterocycles. The number of benzene rings is 2. The summed E-state index contributed by atoms with van der Waals surface area (Å²) in [5, 5.41) is 19.1. The van der Waals surface area contributed by atoms with Crippen LogP contribution in [-0.2, 0) is 16.0 Å². The summed E-state index contributed by atoms with van der Waals surface area (Å²) in [7, 11) is 0. The Morgan fingerprint density at radius 2 is 2.00 bits per heavy atom. The van der Waals surface area contributed by atoms with Gasteiger partial charge in [0.05, 0.1) is 11.7 Å². The second kappa shape index (κ2) is 10.4. The Hall–Kier alpha value is -2.61. The monoisotopic (exact) mass is 430 g/mol. The summed E-state index contributed by atoms with van der Waals surface area (Å²) in [6.07, 6.45) is 1.67. The molecule has 0 radical (unpaired) electrons. The fourth-order valence-corrected chi connectivity index (χ4v) is 3.69. The number of carbonyl (C=O) groups is 2. The third-order valence-corrected chi connectivity index (χ3v) is 5.52. The molecule has 2 amide bonds. The first kappa shape index (κ1) is 22.1. The molecule has 3 rings (SSSR count). The van der Waals surface area contributed by atoms with Crippen molar-refractivity contribution in [3.8, 4) is 5.75 Å². The number of phenolic OH excluding ortho intramolecular Hbond substituents is 1. The largest absolute Gasteiger partial charge is 0.506 e. The average molecular weight is 431 g/mol. The highest BCUT2D eigenvalue weighted by Crippen LogP contribution is 2.27. The number of hydrogen-bond acceptors (Lipinski definition) is 5. The van der Waals surface area contributed by atoms with Crippen LogP contribution in [0.5, 0.6) is 5.75 Å². The molecule has 1 aliphatic rings. The van der Waals surface area contributed by atoms with Crippen molar-refractivity contribution in [3.05, 3.63) is 59.1 Å². The molecule has 0 saturated carbocycles. The number of aryl methyl sites for hydroxylation is 1. The lowest BCUT2D eigenvalue weighted by molar-refractivity contribution is -0.127. The Morgan fingerprint density at radius 1 is 1.23 bits per heavy atom. The SMILES string of the molecule is NC[C@@H]1CN[C@@H](C(=O)N[C@H](CCc2ccccc2)C(=O)Nc2cc(Cl)ccc2O)C1. The maximum Gasteiger partial charge on any atom is 0.247 e. The Morgan fingerprint density at radius 3 is 2.70 bits per heavy atom. The van der Waals surface area contributed by atoms with E-state index in [1.54, 1.807) is 0 Å². The Kier molecular flexibility index (Phi) is 7.68. The normalized spacial score (nSPS) is 19.3. The van der Waals surface area contributed by atoms with E-state index in [-0.39, 0.29) is 29.3 Å². The quantitative estimate of drug-likeness (QED) is 0.411. The van der Waals surface area contributed by atoms with Gasteiger partial charge in [-0.2, -0.15) is 0 Å². The smallest absolute Gasteiger partial charge is 0.247 e. The summed E-state index contributed by atoms with van der Waals surface area (Å²) in [6, 6.07) is 13.0. The highest BCUT2D eigenvalue weighted by atomic mass is 35.5. The Labute approximate surface area is 181 Å². The average Bonchev–Trinajstić information content (AvgIpc) is 3.24. The lowest BCUT2D eigenvalue weighted by Gasteiger charge is -2.21. The van der Waals surface area contributed by atoms with Crippen LogP contribution in [0.4, 0.5) is 5.69 Å². The van der Waals surface area contributed by atoms with Crippen molar-refractivity contribution in [1.82, 2.24) is 10.6 Å². The fraction of sp³-hybridized carbons (Fsp3) is 0.364. The number of halogens is 1. The van der Waals surface area contributed by atoms with Gasteiger partial charge in [-0.1, -0.05) is 41.9 Å². The van der Waals surface area contributed by atoms with E-state index in [9.17, 15) is 14.7 Å². The van der Waals surface area contributed by atoms with E-state index in [1.807, 2.05) is 30.3 Å². The van der Waals surface area contributed by atoms with Crippen LogP contribution < -0.4 is 21.7 Å². The highest BCUT2D eigenvalue weighted by Gasteiger charge is 2.31. The summed E-state index contributed by atoms with van der Waals surface area (Å²) in [4.78, 5) is 25.7. The molecule has 30 heavy (non-hydrogen) atoms. The van der Waals surface area contributed by atoms with E-state index in [1.165, 1.54) is 18.2 Å². The number of phenols is 1. The Bertz CT molecular complexity index is 878. The molecule has 6 N–H and O–H groups in total. The molecule has 1 aliphatic heterocycles. The predicted molar refractivity (Wildman–Crippen MR) is 117 cm³/mol. The zero-order valence-electron chi connectivity index (χ0n) is 16.6. The van der Waals surface area contributed by atoms with Crippen LogP contribution in [0.1, 0.15) is 18.4 Å². The van der Waals surface area contributed by atoms with Crippen molar-refractivity contribution >= 4 is 29.1 Å². The summed E-state index contributed by atoms with van der Waals surface area (Å²) < 4.78 is 0. The number of rotatable bonds is 8. The van der Waals surface area contributed by atoms with Crippen molar-refractivity contribution in [3.63, 3.8) is 0 Å². The van der Waals surface area contributed by atoms with Gasteiger partial charge in [0, 0.05) is 5.02 Å². The van der Waals surface area contributed by atoms with Gasteiger partial charge in [-0.3, -0.25) is 9.59 Å². The molecule has 2 aromatic carbocycles. The van der Waals surface area contributed by atoms with Crippen molar-refractivity contribution in [2.45, 2.75) is 31.3 Å². The molecule has 0 unspecified atom stereocenters. The number of nitrogens with one attached hydrogen (secondary N) is 3. The van der Waals surface area contributed by atoms with Gasteiger partial charge in [0.2, 0.25) is 11.8 Å². The van der Waals surface area contributed by atoms with Gasteiger partial charge in [-0.25, -0.2) is 0 Å². The van der Waals surface area contributed by atoms with Gasteiger partial charge in [0.25, 0.3) is 0 Å². The molecule has 0 spiro atoms. The van der Waals surface area contributed by atoms with Gasteiger partial charge < -0.3 is 26.8 Å². The number of amides is 2. The molecule has 160 valence electrons. The van der Waals surface area contributed by atoms with Crippen molar-refractivity contribution < 1.29 is 14.7 Å². The molecule has 3 atom stereocenters. The maximum atomic E-state index is 12.9. The number of anilines is 1. The standard InChI is InChI=1S/C22H27ClN4O3/c23-16-7-9-20(28)18(11-16)27-21(29)17(8-6-14-4-2-1-3-5-14)26-22(30)19-10-15(12-24)13-25-19/h1-5,7,9,11,15,17,19,25,28H,6,8,10,12-13,24H2,(H,26,30)(H,27,29)/t15-,17-,19-/m1/s1. The van der Waals surface area contributed by atoms with Gasteiger partial charge in [0.15, 0.2) is 0 Å². The van der Waals surface area contributed by atoms with Crippen LogP contribution in [0.25, 0.3) is 0 Å². The third kappa shape index (κ3) is 5.95. The summed E-state index contributed by atoms with van der Waals surface area (Å²) >= 11 is 5.97. The maximum absolute atomic E-state index is 12.9. The van der Waals surface area contributed by atoms with Crippen molar-refractivity contribution in [1.29, 1.82) is 0 Å². The summed E-state index contributed by atoms with van der Waals surface area (Å²) in [5.41, 5.74) is 6.97. The van der Waals surface area contributed by atoms with E-state index in [2.05, 4.69) is 16.0 Å². The lowest BCUT2D eigenvalue weighted by atomic mass is 10.0. The number of aromatic hydroxyl groups is 1. The van der Waals surface area contributed by atoms with Crippen LogP contribution in [0.15, 0.2) is 48.5 Å². The van der Waals surface area contributed by atoms with E-state index in [0.29, 0.717) is 37.4 Å². The van der Waals surface area contributed by atoms with Gasteiger partial charge in [-0.05, 0) is 62.0 Å². The molecule has 0 aliphatic carbocycles. The van der Waals surface area contributed by atoms with E-state index >= 15 is 0 Å². The molecule has 0 bridgehead atoms. The minimum Gasteiger partial charge on any atom is -0.506 e. The van der Waals surface area contributed by atoms with Crippen LogP contribution in [0, 0.1) is 5.92 Å². The second-order valence-corrected chi connectivity index (χ2v) is 7.97. The van der Waals surface area contributed by atoms with Crippen LogP contribution >= 0.6 is 11.6 Å². The molecular weight excluding hydrogens is 404 g/mol. The number of hydrogen-bond donors (Lipinski definition) is 5. The van der Waals surface area contributed by atoms with E-state index in [4.69, 9.17) is 17.3 Å². The molecule has 7 nitrogen and oxygen atoms in total. The van der Waals surface area contributed by atoms with Crippen molar-refractivity contribution in [2.24, 2.45) is 11.7 Å². The first-order valence-electron chi connectivity index (χ1n) is 10.0. The van der Waals surface area contributed by atoms with Crippen LogP contribution in [0.2, 0.25) is 5.02 Å². The zero-order valence-corrected chi connectivity index (χ0v) is 17.4. The van der Waals surface area contributed by atoms with Crippen LogP contribution in [-0.4, -0.2) is 42.1 Å². The summed E-state index contributed by atoms with van der Waals surface area (Å²) in [6.45, 7) is 1.20. The molecule has 0 aromatic heterocycles. The summed E-state index contributed by atoms with van der Waals surface area (Å²) in [5.74, 6) is -0.482. The minimum absolute atomic E-state index is 0.0934. The third-order valence-electron chi connectivity index (χ3n) is 5.29. The highest BCUT2D eigenvalue weighted by molar-refractivity contribution is 6.31. The van der Waals surface area contributed by atoms with Crippen molar-refractivity contribution in [2.75, 3.05) is 18.4 Å². The van der Waals surface area contributed by atoms with Gasteiger partial charge in [-0.15, -0.1) is 0 Å². The topological polar surface area (TPSA) is 116 Å². The molecular formula is C22H27ClN4O3. The van der Waals surface area contributed by atoms with Gasteiger partial charge >= 0.3 is 0 Å². The number of carbonyl (C=O) groups excluding carboxylic acids is 2. The minimum atomic E-state index is -0.769. The fourth-order valence-electron chi connectivity index (χ4n) is 3.51. The second-order valence-electron chi connectivity index (χ2n) is 7.53. The number of nitrogens with two attached hydrogens (primary N) is 1. The molecule has 1 heterocycles.